The molecular weight excluding hydrogens is 744 g/mol. The first-order valence-electron chi connectivity index (χ1n) is 19.0. The monoisotopic (exact) mass is 792 g/mol. The van der Waals surface area contributed by atoms with Crippen molar-refractivity contribution in [3.8, 4) is 22.9 Å². The number of esters is 1. The molecule has 300 valence electrons. The Morgan fingerprint density at radius 2 is 1.82 bits per heavy atom. The van der Waals surface area contributed by atoms with Crippen LogP contribution in [0.1, 0.15) is 66.7 Å². The molecule has 3 amide bonds. The fraction of sp³-hybridized carbons (Fsp3) is 0.550. The molecule has 16 heteroatoms. The minimum Gasteiger partial charge on any atom is -0.506 e. The van der Waals surface area contributed by atoms with Gasteiger partial charge in [-0.25, -0.2) is 14.6 Å². The van der Waals surface area contributed by atoms with E-state index in [1.165, 1.54) is 30.8 Å². The highest BCUT2D eigenvalue weighted by Gasteiger charge is 2.62. The van der Waals surface area contributed by atoms with Crippen LogP contribution in [0.2, 0.25) is 5.02 Å². The Morgan fingerprint density at radius 1 is 1.09 bits per heavy atom. The van der Waals surface area contributed by atoms with E-state index >= 15 is 0 Å². The second-order valence-corrected chi connectivity index (χ2v) is 17.2. The molecule has 3 heterocycles. The number of likely N-dealkylation sites (tertiary alicyclic amines) is 1. The van der Waals surface area contributed by atoms with Gasteiger partial charge >= 0.3 is 12.1 Å². The van der Waals surface area contributed by atoms with Crippen LogP contribution >= 0.6 is 11.6 Å². The average Bonchev–Trinajstić information content (AvgIpc) is 3.80. The minimum absolute atomic E-state index is 0.00590. The molecule has 0 spiro atoms. The number of ether oxygens (including phenoxy) is 3. The van der Waals surface area contributed by atoms with Crippen molar-refractivity contribution in [2.45, 2.75) is 103 Å². The van der Waals surface area contributed by atoms with Crippen molar-refractivity contribution in [1.29, 1.82) is 0 Å². The van der Waals surface area contributed by atoms with Crippen LogP contribution in [0.15, 0.2) is 41.5 Å². The number of halogens is 1. The highest BCUT2D eigenvalue weighted by atomic mass is 35.5. The van der Waals surface area contributed by atoms with E-state index in [1.807, 2.05) is 34.6 Å². The van der Waals surface area contributed by atoms with Crippen molar-refractivity contribution in [3.05, 3.63) is 42.1 Å². The van der Waals surface area contributed by atoms with Gasteiger partial charge in [0.1, 0.15) is 58.3 Å². The first-order valence-corrected chi connectivity index (χ1v) is 19.4. The molecular formula is C40H49ClN6O9. The zero-order chi connectivity index (χ0) is 40.3. The van der Waals surface area contributed by atoms with Crippen LogP contribution in [-0.2, 0) is 23.9 Å². The second kappa shape index (κ2) is 14.8. The largest absolute Gasteiger partial charge is 0.506 e. The van der Waals surface area contributed by atoms with Gasteiger partial charge in [-0.2, -0.15) is 4.98 Å². The quantitative estimate of drug-likeness (QED) is 0.131. The first-order chi connectivity index (χ1) is 26.5. The van der Waals surface area contributed by atoms with Crippen LogP contribution in [0.3, 0.4) is 0 Å². The van der Waals surface area contributed by atoms with E-state index in [0.29, 0.717) is 40.8 Å². The molecule has 3 aromatic rings. The predicted octanol–water partition coefficient (Wildman–Crippen LogP) is 5.59. The number of benzene rings is 1. The molecule has 3 aliphatic carbocycles. The fourth-order valence-corrected chi connectivity index (χ4v) is 8.27. The van der Waals surface area contributed by atoms with Gasteiger partial charge in [0.15, 0.2) is 0 Å². The predicted molar refractivity (Wildman–Crippen MR) is 206 cm³/mol. The number of nitrogens with zero attached hydrogens (tertiary/aromatic N) is 3. The maximum atomic E-state index is 14.7. The van der Waals surface area contributed by atoms with Gasteiger partial charge in [-0.05, 0) is 68.9 Å². The fourth-order valence-electron chi connectivity index (χ4n) is 8.06. The van der Waals surface area contributed by atoms with Gasteiger partial charge in [0, 0.05) is 29.8 Å². The molecule has 4 fully saturated rings. The Bertz CT molecular complexity index is 2050. The number of carbonyl (C=O) groups excluding carboxylic acids is 4. The molecule has 56 heavy (non-hydrogen) atoms. The number of phenolic OH excluding ortho intramolecular Hbond substituents is 1. The van der Waals surface area contributed by atoms with E-state index in [9.17, 15) is 24.3 Å². The van der Waals surface area contributed by atoms with E-state index < -0.39 is 53.0 Å². The SMILES string of the molecule is C=C[C@@H]1C[C@]1(NC(=O)[C@@H]1C[C@@H](Oc2cc(-c3coc(NC(C)C)n3)nc3c(Cl)c(O)ccc23)CN1C(=O)[C@@H](NC(=O)O[C@@H]1C[C@@H]2C[C@@H]2C1)C(C)(C)C)C(=O)OC. The van der Waals surface area contributed by atoms with Crippen LogP contribution < -0.4 is 20.7 Å². The third kappa shape index (κ3) is 7.69. The number of pyridine rings is 1. The smallest absolute Gasteiger partial charge is 0.408 e. The van der Waals surface area contributed by atoms with Crippen LogP contribution in [0.5, 0.6) is 11.5 Å². The first kappa shape index (κ1) is 39.2. The highest BCUT2D eigenvalue weighted by molar-refractivity contribution is 6.36. The topological polar surface area (TPSA) is 194 Å². The summed E-state index contributed by atoms with van der Waals surface area (Å²) in [6.45, 7) is 13.1. The molecule has 0 bridgehead atoms. The van der Waals surface area contributed by atoms with Crippen molar-refractivity contribution in [2.75, 3.05) is 19.0 Å². The molecule has 4 aliphatic rings. The summed E-state index contributed by atoms with van der Waals surface area (Å²) in [5.74, 6) is -0.758. The number of anilines is 1. The summed E-state index contributed by atoms with van der Waals surface area (Å²) in [5, 5.41) is 19.7. The highest BCUT2D eigenvalue weighted by Crippen LogP contribution is 2.52. The van der Waals surface area contributed by atoms with E-state index in [4.69, 9.17) is 30.2 Å². The number of hydrogen-bond acceptors (Lipinski definition) is 12. The lowest BCUT2D eigenvalue weighted by Crippen LogP contribution is -2.59. The summed E-state index contributed by atoms with van der Waals surface area (Å²) in [7, 11) is 1.25. The van der Waals surface area contributed by atoms with Gasteiger partial charge in [-0.3, -0.25) is 9.59 Å². The van der Waals surface area contributed by atoms with Crippen molar-refractivity contribution in [1.82, 2.24) is 25.5 Å². The minimum atomic E-state index is -1.31. The molecule has 4 N–H and O–H groups in total. The maximum Gasteiger partial charge on any atom is 0.408 e. The van der Waals surface area contributed by atoms with E-state index in [2.05, 4.69) is 32.5 Å². The van der Waals surface area contributed by atoms with Crippen molar-refractivity contribution >= 4 is 52.4 Å². The lowest BCUT2D eigenvalue weighted by Gasteiger charge is -2.35. The van der Waals surface area contributed by atoms with Crippen LogP contribution in [0, 0.1) is 23.2 Å². The summed E-state index contributed by atoms with van der Waals surface area (Å²) in [4.78, 5) is 65.7. The van der Waals surface area contributed by atoms with Gasteiger partial charge in [-0.15, -0.1) is 6.58 Å². The molecule has 8 atom stereocenters. The van der Waals surface area contributed by atoms with Gasteiger partial charge in [0.2, 0.25) is 11.8 Å². The normalized spacial score (nSPS) is 27.0. The number of oxazole rings is 1. The number of hydrogen-bond donors (Lipinski definition) is 4. The third-order valence-corrected chi connectivity index (χ3v) is 11.6. The van der Waals surface area contributed by atoms with Crippen LogP contribution in [0.25, 0.3) is 22.3 Å². The molecule has 15 nitrogen and oxygen atoms in total. The van der Waals surface area contributed by atoms with Crippen molar-refractivity contribution in [2.24, 2.45) is 23.2 Å². The Hall–Kier alpha value is -5.05. The van der Waals surface area contributed by atoms with E-state index in [-0.39, 0.29) is 53.3 Å². The van der Waals surface area contributed by atoms with Gasteiger partial charge in [0.25, 0.3) is 6.01 Å². The Morgan fingerprint density at radius 3 is 2.46 bits per heavy atom. The number of aromatic nitrogens is 2. The van der Waals surface area contributed by atoms with Crippen LogP contribution in [0.4, 0.5) is 10.8 Å². The third-order valence-electron chi connectivity index (χ3n) is 11.2. The lowest BCUT2D eigenvalue weighted by atomic mass is 9.85. The number of alkyl carbamates (subject to hydrolysis) is 1. The number of carbonyl (C=O) groups is 4. The number of phenols is 1. The molecule has 3 saturated carbocycles. The van der Waals surface area contributed by atoms with E-state index in [1.54, 1.807) is 18.2 Å². The number of rotatable bonds is 12. The average molecular weight is 793 g/mol. The van der Waals surface area contributed by atoms with Gasteiger partial charge < -0.3 is 44.6 Å². The van der Waals surface area contributed by atoms with Gasteiger partial charge in [0.05, 0.1) is 24.9 Å². The summed E-state index contributed by atoms with van der Waals surface area (Å²) >= 11 is 6.57. The number of nitrogens with one attached hydrogen (secondary N) is 3. The second-order valence-electron chi connectivity index (χ2n) is 16.8. The lowest BCUT2D eigenvalue weighted by molar-refractivity contribution is -0.148. The standard InChI is InChI=1S/C40H49ClN6O9/c1-8-22-16-40(22,36(51)53-7)46-34(49)28-14-24(17-47(28)35(50)33(39(4,5)6)45-38(52)56-23-12-20-11-21(20)13-23)55-30-15-26(27-18-54-37(44-27)42-19(2)3)43-32-25(30)9-10-29(48)31(32)41/h8-10,15,18-24,28,33,48H,1,11-14,16-17H2,2-7H3,(H,42,44)(H,45,52)(H,46,49)/t20-,21+,22-,23+,24-,28+,33-,40-/m1/s1. The number of fused-ring (bicyclic) bond motifs is 2. The molecule has 1 aliphatic heterocycles. The molecule has 0 unspecified atom stereocenters. The molecule has 1 saturated heterocycles. The number of aromatic hydroxyl groups is 1. The molecule has 7 rings (SSSR count). The molecule has 0 radical (unpaired) electrons. The molecule has 2 aromatic heterocycles. The Labute approximate surface area is 329 Å². The van der Waals surface area contributed by atoms with E-state index in [0.717, 1.165) is 12.8 Å². The summed E-state index contributed by atoms with van der Waals surface area (Å²) < 4.78 is 23.0. The van der Waals surface area contributed by atoms with Crippen molar-refractivity contribution < 1.29 is 42.9 Å². The Kier molecular flexibility index (Phi) is 10.4. The zero-order valence-corrected chi connectivity index (χ0v) is 33.1. The number of amides is 3. The number of methoxy groups -OCH3 is 1. The summed E-state index contributed by atoms with van der Waals surface area (Å²) in [6.07, 6.45) is 4.49. The van der Waals surface area contributed by atoms with Gasteiger partial charge in [-0.1, -0.05) is 38.4 Å². The Balaban J connectivity index is 1.20. The van der Waals surface area contributed by atoms with Crippen LogP contribution in [-0.4, -0.2) is 93.4 Å². The maximum absolute atomic E-state index is 14.7. The summed E-state index contributed by atoms with van der Waals surface area (Å²) in [5.41, 5.74) is -1.17. The van der Waals surface area contributed by atoms with Crippen molar-refractivity contribution in [3.63, 3.8) is 0 Å². The summed E-state index contributed by atoms with van der Waals surface area (Å²) in [6, 6.07) is 2.84. The molecule has 1 aromatic carbocycles. The zero-order valence-electron chi connectivity index (χ0n) is 32.4.